The Morgan fingerprint density at radius 1 is 1.55 bits per heavy atom. The second-order valence-electron chi connectivity index (χ2n) is 1.77. The quantitative estimate of drug-likeness (QED) is 0.599. The first-order chi connectivity index (χ1) is 4.95. The Morgan fingerprint density at radius 2 is 2.09 bits per heavy atom. The highest BCUT2D eigenvalue weighted by Crippen LogP contribution is 2.17. The summed E-state index contributed by atoms with van der Waals surface area (Å²) in [7, 11) is 0. The molecule has 0 saturated heterocycles. The van der Waals surface area contributed by atoms with Crippen LogP contribution in [-0.4, -0.2) is 18.6 Å². The van der Waals surface area contributed by atoms with Crippen molar-refractivity contribution in [1.82, 2.24) is 5.32 Å². The van der Waals surface area contributed by atoms with Crippen LogP contribution in [-0.2, 0) is 4.79 Å². The van der Waals surface area contributed by atoms with Gasteiger partial charge in [0.1, 0.15) is 0 Å². The second-order valence-corrected chi connectivity index (χ2v) is 1.77. The first kappa shape index (κ1) is 9.82. The van der Waals surface area contributed by atoms with Crippen molar-refractivity contribution in [2.75, 3.05) is 6.54 Å². The Balaban J connectivity index is 3.45. The lowest BCUT2D eigenvalue weighted by molar-refractivity contribution is -0.134. The van der Waals surface area contributed by atoms with Crippen molar-refractivity contribution >= 4 is 5.91 Å². The summed E-state index contributed by atoms with van der Waals surface area (Å²) in [6.45, 7) is -0.466. The van der Waals surface area contributed by atoms with E-state index in [-0.39, 0.29) is 0 Å². The number of amides is 1. The Morgan fingerprint density at radius 3 is 2.45 bits per heavy atom. The van der Waals surface area contributed by atoms with E-state index in [4.69, 9.17) is 0 Å². The minimum atomic E-state index is -4.25. The van der Waals surface area contributed by atoms with Crippen LogP contribution in [0.3, 0.4) is 0 Å². The number of rotatable bonds is 2. The number of terminal acetylenes is 1. The van der Waals surface area contributed by atoms with Crippen molar-refractivity contribution in [3.8, 4) is 12.3 Å². The predicted molar refractivity (Wildman–Crippen MR) is 32.5 cm³/mol. The van der Waals surface area contributed by atoms with Gasteiger partial charge in [-0.3, -0.25) is 4.79 Å². The molecule has 1 N–H and O–H groups in total. The van der Waals surface area contributed by atoms with Gasteiger partial charge in [0.15, 0.2) is 0 Å². The fraction of sp³-hybridized carbons (Fsp3) is 0.500. The van der Waals surface area contributed by atoms with Crippen LogP contribution in [0.2, 0.25) is 0 Å². The Labute approximate surface area is 61.8 Å². The number of carbonyl (C=O) groups excluding carboxylic acids is 1. The molecule has 0 unspecified atom stereocenters. The van der Waals surface area contributed by atoms with Crippen LogP contribution in [0, 0.1) is 12.3 Å². The minimum absolute atomic E-state index is 0.466. The van der Waals surface area contributed by atoms with Crippen LogP contribution in [0.25, 0.3) is 0 Å². The summed E-state index contributed by atoms with van der Waals surface area (Å²) in [6.07, 6.45) is -0.725. The summed E-state index contributed by atoms with van der Waals surface area (Å²) in [5.41, 5.74) is 0. The molecule has 0 atom stereocenters. The van der Waals surface area contributed by atoms with Crippen LogP contribution in [0.15, 0.2) is 0 Å². The first-order valence-corrected chi connectivity index (χ1v) is 2.77. The van der Waals surface area contributed by atoms with Crippen molar-refractivity contribution in [2.45, 2.75) is 12.6 Å². The first-order valence-electron chi connectivity index (χ1n) is 2.77. The van der Waals surface area contributed by atoms with Gasteiger partial charge in [0, 0.05) is 6.54 Å². The molecular weight excluding hydrogens is 159 g/mol. The number of hydrogen-bond donors (Lipinski definition) is 1. The van der Waals surface area contributed by atoms with Crippen LogP contribution < -0.4 is 5.32 Å². The molecule has 0 spiro atoms. The third-order valence-corrected chi connectivity index (χ3v) is 0.825. The van der Waals surface area contributed by atoms with Gasteiger partial charge < -0.3 is 5.32 Å². The molecule has 62 valence electrons. The molecule has 0 radical (unpaired) electrons. The minimum Gasteiger partial charge on any atom is -0.345 e. The van der Waals surface area contributed by atoms with Crippen LogP contribution in [0.5, 0.6) is 0 Å². The molecule has 0 fully saturated rings. The zero-order chi connectivity index (χ0) is 8.91. The van der Waals surface area contributed by atoms with E-state index in [0.29, 0.717) is 0 Å². The predicted octanol–water partition coefficient (Wildman–Crippen LogP) is 0.688. The topological polar surface area (TPSA) is 29.1 Å². The third kappa shape index (κ3) is 6.71. The number of alkyl halides is 3. The van der Waals surface area contributed by atoms with Crippen molar-refractivity contribution in [3.63, 3.8) is 0 Å². The summed E-state index contributed by atoms with van der Waals surface area (Å²) in [5, 5.41) is 1.89. The average Bonchev–Trinajstić information content (AvgIpc) is 1.85. The largest absolute Gasteiger partial charge is 0.390 e. The summed E-state index contributed by atoms with van der Waals surface area (Å²) in [5.74, 6) is 0.809. The summed E-state index contributed by atoms with van der Waals surface area (Å²) >= 11 is 0. The van der Waals surface area contributed by atoms with E-state index in [1.807, 2.05) is 5.32 Å². The number of carbonyl (C=O) groups is 1. The van der Waals surface area contributed by atoms with Gasteiger partial charge in [-0.2, -0.15) is 13.2 Å². The lowest BCUT2D eigenvalue weighted by Gasteiger charge is -2.04. The fourth-order valence-electron chi connectivity index (χ4n) is 0.369. The van der Waals surface area contributed by atoms with Gasteiger partial charge in [0.2, 0.25) is 0 Å². The van der Waals surface area contributed by atoms with Gasteiger partial charge in [-0.25, -0.2) is 0 Å². The van der Waals surface area contributed by atoms with Gasteiger partial charge in [-0.1, -0.05) is 0 Å². The molecule has 0 heterocycles. The molecule has 0 aromatic rings. The molecule has 0 aromatic carbocycles. The lowest BCUT2D eigenvalue weighted by Crippen LogP contribution is -2.26. The molecule has 2 nitrogen and oxygen atoms in total. The maximum atomic E-state index is 11.4. The molecule has 0 aliphatic rings. The molecule has 0 bridgehead atoms. The summed E-state index contributed by atoms with van der Waals surface area (Å²) < 4.78 is 34.2. The van der Waals surface area contributed by atoms with E-state index in [2.05, 4.69) is 6.42 Å². The third-order valence-electron chi connectivity index (χ3n) is 0.825. The van der Waals surface area contributed by atoms with Crippen molar-refractivity contribution in [3.05, 3.63) is 0 Å². The zero-order valence-corrected chi connectivity index (χ0v) is 5.53. The molecule has 0 aliphatic heterocycles. The standard InChI is InChI=1S/C6H6F3NO/c1-2-5(11)10-4-3-6(7,8)9/h1H,3-4H2,(H,10,11). The van der Waals surface area contributed by atoms with Crippen molar-refractivity contribution < 1.29 is 18.0 Å². The second kappa shape index (κ2) is 3.86. The molecular formula is C6H6F3NO. The van der Waals surface area contributed by atoms with E-state index >= 15 is 0 Å². The van der Waals surface area contributed by atoms with Gasteiger partial charge in [-0.05, 0) is 5.92 Å². The van der Waals surface area contributed by atoms with E-state index in [1.165, 1.54) is 0 Å². The maximum absolute atomic E-state index is 11.4. The normalized spacial score (nSPS) is 10.4. The summed E-state index contributed by atoms with van der Waals surface area (Å²) in [6, 6.07) is 0. The highest BCUT2D eigenvalue weighted by Gasteiger charge is 2.26. The van der Waals surface area contributed by atoms with Crippen LogP contribution in [0.4, 0.5) is 13.2 Å². The van der Waals surface area contributed by atoms with Crippen molar-refractivity contribution in [1.29, 1.82) is 0 Å². The van der Waals surface area contributed by atoms with Gasteiger partial charge in [-0.15, -0.1) is 6.42 Å². The lowest BCUT2D eigenvalue weighted by atomic mass is 10.4. The van der Waals surface area contributed by atoms with Gasteiger partial charge >= 0.3 is 6.18 Å². The molecule has 11 heavy (non-hydrogen) atoms. The molecule has 0 saturated carbocycles. The SMILES string of the molecule is C#CC(=O)NCCC(F)(F)F. The van der Waals surface area contributed by atoms with Crippen LogP contribution >= 0.6 is 0 Å². The molecule has 0 aliphatic carbocycles. The van der Waals surface area contributed by atoms with Crippen molar-refractivity contribution in [2.24, 2.45) is 0 Å². The molecule has 5 heteroatoms. The van der Waals surface area contributed by atoms with E-state index in [1.54, 1.807) is 5.92 Å². The van der Waals surface area contributed by atoms with E-state index in [9.17, 15) is 18.0 Å². The fourth-order valence-corrected chi connectivity index (χ4v) is 0.369. The van der Waals surface area contributed by atoms with Gasteiger partial charge in [0.05, 0.1) is 6.42 Å². The Kier molecular flexibility index (Phi) is 3.45. The maximum Gasteiger partial charge on any atom is 0.390 e. The van der Waals surface area contributed by atoms with E-state index in [0.717, 1.165) is 0 Å². The van der Waals surface area contributed by atoms with Gasteiger partial charge in [0.25, 0.3) is 5.91 Å². The highest BCUT2D eigenvalue weighted by molar-refractivity contribution is 5.92. The Bertz CT molecular complexity index is 179. The summed E-state index contributed by atoms with van der Waals surface area (Å²) in [4.78, 5) is 10.2. The highest BCUT2D eigenvalue weighted by atomic mass is 19.4. The zero-order valence-electron chi connectivity index (χ0n) is 5.53. The number of halogens is 3. The molecule has 0 aromatic heterocycles. The van der Waals surface area contributed by atoms with Crippen LogP contribution in [0.1, 0.15) is 6.42 Å². The molecule has 0 rings (SSSR count). The van der Waals surface area contributed by atoms with E-state index < -0.39 is 25.0 Å². The number of hydrogen-bond acceptors (Lipinski definition) is 1. The Hall–Kier alpha value is -1.18. The average molecular weight is 165 g/mol. The smallest absolute Gasteiger partial charge is 0.345 e. The molecule has 1 amide bonds. The number of nitrogens with one attached hydrogen (secondary N) is 1. The monoisotopic (exact) mass is 165 g/mol.